The summed E-state index contributed by atoms with van der Waals surface area (Å²) in [5, 5.41) is 18.8. The smallest absolute Gasteiger partial charge is 0.241 e. The zero-order valence-corrected chi connectivity index (χ0v) is 19.9. The molecule has 3 aromatic heterocycles. The van der Waals surface area contributed by atoms with Crippen LogP contribution in [0.2, 0.25) is 0 Å². The Morgan fingerprint density at radius 1 is 0.972 bits per heavy atom. The molecule has 0 bridgehead atoms. The molecule has 2 aromatic carbocycles. The molecule has 0 atom stereocenters. The number of aryl methyl sites for hydroxylation is 1. The zero-order valence-electron chi connectivity index (χ0n) is 19.9. The van der Waals surface area contributed by atoms with Crippen molar-refractivity contribution in [2.45, 2.75) is 13.5 Å². The molecular weight excluding hydrogens is 460 g/mol. The summed E-state index contributed by atoms with van der Waals surface area (Å²) < 4.78 is 12.2. The van der Waals surface area contributed by atoms with Gasteiger partial charge in [0.1, 0.15) is 6.33 Å². The number of fused-ring (bicyclic) bond motifs is 1. The van der Waals surface area contributed by atoms with E-state index in [2.05, 4.69) is 30.6 Å². The molecule has 0 radical (unpaired) electrons. The summed E-state index contributed by atoms with van der Waals surface area (Å²) in [6.45, 7) is 2.49. The second-order valence-electron chi connectivity index (χ2n) is 7.82. The normalized spacial score (nSPS) is 10.9. The molecule has 36 heavy (non-hydrogen) atoms. The number of nitrogens with one attached hydrogen (secondary N) is 2. The molecule has 0 spiro atoms. The van der Waals surface area contributed by atoms with Crippen molar-refractivity contribution in [2.24, 2.45) is 0 Å². The highest BCUT2D eigenvalue weighted by Gasteiger charge is 2.16. The number of anilines is 3. The van der Waals surface area contributed by atoms with Crippen LogP contribution in [0, 0.1) is 6.92 Å². The van der Waals surface area contributed by atoms with Crippen molar-refractivity contribution in [3.63, 3.8) is 0 Å². The molecule has 0 saturated carbocycles. The van der Waals surface area contributed by atoms with Crippen molar-refractivity contribution in [3.8, 4) is 23.2 Å². The van der Waals surface area contributed by atoms with Crippen molar-refractivity contribution in [1.82, 2.24) is 29.5 Å². The van der Waals surface area contributed by atoms with E-state index in [1.165, 1.54) is 26.6 Å². The highest BCUT2D eigenvalue weighted by Crippen LogP contribution is 2.38. The number of nitrogens with zero attached hydrogens (tertiary/aromatic N) is 6. The fourth-order valence-corrected chi connectivity index (χ4v) is 3.80. The van der Waals surface area contributed by atoms with E-state index in [9.17, 15) is 5.11 Å². The van der Waals surface area contributed by atoms with E-state index < -0.39 is 0 Å². The lowest BCUT2D eigenvalue weighted by atomic mass is 10.2. The third-order valence-corrected chi connectivity index (χ3v) is 5.55. The van der Waals surface area contributed by atoms with Gasteiger partial charge in [0, 0.05) is 18.0 Å². The van der Waals surface area contributed by atoms with Crippen LogP contribution in [-0.2, 0) is 6.54 Å². The lowest BCUT2D eigenvalue weighted by Crippen LogP contribution is -2.11. The Bertz CT molecular complexity index is 1540. The minimum Gasteiger partial charge on any atom is -0.870 e. The number of methoxy groups -OCH3 is 2. The lowest BCUT2D eigenvalue weighted by Gasteiger charge is -2.18. The predicted octanol–water partition coefficient (Wildman–Crippen LogP) is 3.36. The number of rotatable bonds is 8. The van der Waals surface area contributed by atoms with Crippen LogP contribution in [0.3, 0.4) is 0 Å². The molecule has 2 N–H and O–H groups in total. The van der Waals surface area contributed by atoms with E-state index in [0.717, 1.165) is 22.3 Å². The second kappa shape index (κ2) is 9.74. The van der Waals surface area contributed by atoms with Crippen molar-refractivity contribution < 1.29 is 14.6 Å². The molecule has 5 rings (SSSR count). The highest BCUT2D eigenvalue weighted by atomic mass is 16.5. The summed E-state index contributed by atoms with van der Waals surface area (Å²) in [6.07, 6.45) is 3.16. The van der Waals surface area contributed by atoms with E-state index in [1.54, 1.807) is 12.3 Å². The standard InChI is InChI=1S/C25H24N8O3/c1-15-7-6-10-26-18(15)13-27-24-31-17-8-4-5-9-19(17)33(24)25-29-14-28-23(32-25)30-16-11-20(34)22(36-3)21(12-16)35-2/h4-12,14,34H,13H2,1-3H3,(H,27,31)(H,28,29,30,32)/p-1. The SMILES string of the molecule is COc1cc(Nc2ncnc(-n3c(NCc4ncccc4C)nc4ccccc43)n2)cc([O-])c1OC. The van der Waals surface area contributed by atoms with Gasteiger partial charge in [-0.15, -0.1) is 0 Å². The van der Waals surface area contributed by atoms with Crippen LogP contribution >= 0.6 is 0 Å². The molecule has 11 heteroatoms. The Morgan fingerprint density at radius 2 is 1.83 bits per heavy atom. The first-order valence-corrected chi connectivity index (χ1v) is 11.1. The summed E-state index contributed by atoms with van der Waals surface area (Å²) in [5.41, 5.74) is 4.05. The van der Waals surface area contributed by atoms with Crippen LogP contribution in [0.15, 0.2) is 61.1 Å². The number of imidazole rings is 1. The quantitative estimate of drug-likeness (QED) is 0.338. The van der Waals surface area contributed by atoms with Crippen LogP contribution in [0.4, 0.5) is 17.6 Å². The molecular formula is C25H23N8O3-. The molecule has 0 aliphatic heterocycles. The summed E-state index contributed by atoms with van der Waals surface area (Å²) in [7, 11) is 2.88. The van der Waals surface area contributed by atoms with Gasteiger partial charge >= 0.3 is 0 Å². The largest absolute Gasteiger partial charge is 0.870 e. The van der Waals surface area contributed by atoms with Gasteiger partial charge in [0.15, 0.2) is 11.5 Å². The van der Waals surface area contributed by atoms with Gasteiger partial charge in [-0.25, -0.2) is 19.5 Å². The van der Waals surface area contributed by atoms with Gasteiger partial charge in [0.05, 0.1) is 37.5 Å². The van der Waals surface area contributed by atoms with E-state index in [1.807, 2.05) is 47.9 Å². The van der Waals surface area contributed by atoms with Gasteiger partial charge in [-0.1, -0.05) is 23.9 Å². The maximum absolute atomic E-state index is 12.4. The maximum Gasteiger partial charge on any atom is 0.241 e. The molecule has 0 fully saturated rings. The van der Waals surface area contributed by atoms with Crippen LogP contribution in [-0.4, -0.2) is 43.7 Å². The summed E-state index contributed by atoms with van der Waals surface area (Å²) in [4.78, 5) is 22.4. The second-order valence-corrected chi connectivity index (χ2v) is 7.82. The molecule has 11 nitrogen and oxygen atoms in total. The highest BCUT2D eigenvalue weighted by molar-refractivity contribution is 5.80. The number of pyridine rings is 1. The number of benzene rings is 2. The molecule has 0 aliphatic rings. The van der Waals surface area contributed by atoms with E-state index in [4.69, 9.17) is 14.5 Å². The lowest BCUT2D eigenvalue weighted by molar-refractivity contribution is -0.270. The summed E-state index contributed by atoms with van der Waals surface area (Å²) in [5.74, 6) is 1.26. The molecule has 182 valence electrons. The molecule has 3 heterocycles. The van der Waals surface area contributed by atoms with Crippen molar-refractivity contribution in [1.29, 1.82) is 0 Å². The van der Waals surface area contributed by atoms with Crippen molar-refractivity contribution >= 4 is 28.6 Å². The van der Waals surface area contributed by atoms with Gasteiger partial charge < -0.3 is 25.2 Å². The van der Waals surface area contributed by atoms with Crippen LogP contribution < -0.4 is 25.2 Å². The Kier molecular flexibility index (Phi) is 6.18. The minimum atomic E-state index is -0.328. The molecule has 5 aromatic rings. The Hall–Kier alpha value is -4.93. The first kappa shape index (κ1) is 22.8. The fraction of sp³-hybridized carbons (Fsp3) is 0.160. The third-order valence-electron chi connectivity index (χ3n) is 5.55. The van der Waals surface area contributed by atoms with E-state index in [0.29, 0.717) is 29.9 Å². The van der Waals surface area contributed by atoms with Gasteiger partial charge in [-0.3, -0.25) is 4.98 Å². The molecule has 0 saturated heterocycles. The first-order chi connectivity index (χ1) is 17.6. The predicted molar refractivity (Wildman–Crippen MR) is 133 cm³/mol. The number of para-hydroxylation sites is 2. The van der Waals surface area contributed by atoms with Gasteiger partial charge in [0.25, 0.3) is 0 Å². The Labute approximate surface area is 206 Å². The van der Waals surface area contributed by atoms with Crippen LogP contribution in [0.25, 0.3) is 17.0 Å². The minimum absolute atomic E-state index is 0.128. The number of hydrogen-bond acceptors (Lipinski definition) is 10. The monoisotopic (exact) mass is 483 g/mol. The Morgan fingerprint density at radius 3 is 2.64 bits per heavy atom. The number of hydrogen-bond donors (Lipinski definition) is 2. The molecule has 0 amide bonds. The third kappa shape index (κ3) is 4.41. The van der Waals surface area contributed by atoms with E-state index >= 15 is 0 Å². The van der Waals surface area contributed by atoms with E-state index in [-0.39, 0.29) is 17.4 Å². The topological polar surface area (TPSA) is 135 Å². The molecule has 0 aliphatic carbocycles. The number of ether oxygens (including phenoxy) is 2. The van der Waals surface area contributed by atoms with Crippen molar-refractivity contribution in [2.75, 3.05) is 24.9 Å². The Balaban J connectivity index is 1.50. The maximum atomic E-state index is 12.4. The fourth-order valence-electron chi connectivity index (χ4n) is 3.80. The van der Waals surface area contributed by atoms with Crippen LogP contribution in [0.1, 0.15) is 11.3 Å². The van der Waals surface area contributed by atoms with Gasteiger partial charge in [0.2, 0.25) is 17.8 Å². The average molecular weight is 484 g/mol. The van der Waals surface area contributed by atoms with Crippen LogP contribution in [0.5, 0.6) is 17.2 Å². The number of aromatic nitrogens is 6. The van der Waals surface area contributed by atoms with Gasteiger partial charge in [-0.2, -0.15) is 4.98 Å². The summed E-state index contributed by atoms with van der Waals surface area (Å²) in [6, 6.07) is 14.6. The molecule has 0 unspecified atom stereocenters. The van der Waals surface area contributed by atoms with Gasteiger partial charge in [-0.05, 0) is 36.8 Å². The summed E-state index contributed by atoms with van der Waals surface area (Å²) >= 11 is 0. The zero-order chi connectivity index (χ0) is 25.1. The average Bonchev–Trinajstić information content (AvgIpc) is 3.26. The first-order valence-electron chi connectivity index (χ1n) is 11.1. The van der Waals surface area contributed by atoms with Crippen molar-refractivity contribution in [3.05, 3.63) is 72.3 Å².